The zero-order chi connectivity index (χ0) is 18.8. The van der Waals surface area contributed by atoms with E-state index in [1.807, 2.05) is 11.4 Å². The molecule has 0 saturated heterocycles. The molecule has 0 radical (unpaired) electrons. The monoisotopic (exact) mass is 418 g/mol. The Morgan fingerprint density at radius 1 is 1.19 bits per heavy atom. The van der Waals surface area contributed by atoms with Crippen molar-refractivity contribution in [1.29, 1.82) is 0 Å². The number of carbonyl (C=O) groups is 2. The van der Waals surface area contributed by atoms with Gasteiger partial charge in [-0.15, -0.1) is 11.3 Å². The molecule has 0 spiro atoms. The molecule has 0 aliphatic carbocycles. The number of hydrogen-bond acceptors (Lipinski definition) is 5. The van der Waals surface area contributed by atoms with E-state index in [0.717, 1.165) is 10.6 Å². The van der Waals surface area contributed by atoms with Crippen molar-refractivity contribution in [3.05, 3.63) is 62.2 Å². The van der Waals surface area contributed by atoms with E-state index in [-0.39, 0.29) is 11.9 Å². The topological polar surface area (TPSA) is 74.3 Å². The van der Waals surface area contributed by atoms with E-state index in [4.69, 9.17) is 11.6 Å². The number of thiophene rings is 1. The number of nitrogens with one attached hydrogen (secondary N) is 2. The maximum atomic E-state index is 12.5. The van der Waals surface area contributed by atoms with E-state index in [2.05, 4.69) is 15.6 Å². The van der Waals surface area contributed by atoms with Crippen LogP contribution in [0.25, 0.3) is 0 Å². The molecule has 3 aromatic rings. The van der Waals surface area contributed by atoms with Gasteiger partial charge in [-0.2, -0.15) is 0 Å². The zero-order valence-corrected chi connectivity index (χ0v) is 16.5. The van der Waals surface area contributed by atoms with Crippen molar-refractivity contribution in [3.8, 4) is 0 Å². The third-order valence-electron chi connectivity index (χ3n) is 4.06. The second-order valence-corrected chi connectivity index (χ2v) is 8.40. The standard InChI is InChI=1S/C18H15ClN4O2S2/c19-11-3-1-4-12(9-11)20-18(25)23-7-6-13-15(10-23)27-17(21-13)22-16(24)14-5-2-8-26-14/h1-5,8-9H,6-7,10H2,(H,20,25)(H,21,22,24). The number of benzene rings is 1. The number of amides is 3. The number of hydrogen-bond donors (Lipinski definition) is 2. The maximum Gasteiger partial charge on any atom is 0.322 e. The van der Waals surface area contributed by atoms with E-state index >= 15 is 0 Å². The average molecular weight is 419 g/mol. The van der Waals surface area contributed by atoms with Crippen molar-refractivity contribution in [3.63, 3.8) is 0 Å². The van der Waals surface area contributed by atoms with Crippen LogP contribution in [0.15, 0.2) is 41.8 Å². The largest absolute Gasteiger partial charge is 0.322 e. The second-order valence-electron chi connectivity index (χ2n) is 5.93. The van der Waals surface area contributed by atoms with E-state index in [1.54, 1.807) is 35.2 Å². The predicted molar refractivity (Wildman–Crippen MR) is 109 cm³/mol. The number of rotatable bonds is 3. The molecule has 138 valence electrons. The first-order valence-electron chi connectivity index (χ1n) is 8.23. The molecule has 0 saturated carbocycles. The summed E-state index contributed by atoms with van der Waals surface area (Å²) in [5.74, 6) is -0.161. The minimum absolute atomic E-state index is 0.161. The summed E-state index contributed by atoms with van der Waals surface area (Å²) in [6.07, 6.45) is 0.656. The number of urea groups is 1. The molecule has 3 amide bonds. The molecular formula is C18H15ClN4O2S2. The van der Waals surface area contributed by atoms with Gasteiger partial charge in [0.1, 0.15) is 0 Å². The second kappa shape index (κ2) is 7.67. The van der Waals surface area contributed by atoms with Crippen LogP contribution in [0.2, 0.25) is 5.02 Å². The van der Waals surface area contributed by atoms with Crippen molar-refractivity contribution in [2.24, 2.45) is 0 Å². The number of anilines is 2. The predicted octanol–water partition coefficient (Wildman–Crippen LogP) is 4.70. The lowest BCUT2D eigenvalue weighted by Crippen LogP contribution is -2.38. The zero-order valence-electron chi connectivity index (χ0n) is 14.1. The fourth-order valence-electron chi connectivity index (χ4n) is 2.76. The summed E-state index contributed by atoms with van der Waals surface area (Å²) in [5, 5.41) is 8.69. The Kier molecular flexibility index (Phi) is 5.11. The number of halogens is 1. The Morgan fingerprint density at radius 2 is 2.07 bits per heavy atom. The molecule has 0 fully saturated rings. The summed E-state index contributed by atoms with van der Waals surface area (Å²) in [6.45, 7) is 1.04. The van der Waals surface area contributed by atoms with Crippen molar-refractivity contribution in [2.45, 2.75) is 13.0 Å². The van der Waals surface area contributed by atoms with E-state index in [1.165, 1.54) is 22.7 Å². The molecule has 2 aromatic heterocycles. The summed E-state index contributed by atoms with van der Waals surface area (Å²) in [5.41, 5.74) is 1.60. The first-order valence-corrected chi connectivity index (χ1v) is 10.3. The van der Waals surface area contributed by atoms with Gasteiger partial charge in [-0.3, -0.25) is 10.1 Å². The van der Waals surface area contributed by atoms with Gasteiger partial charge in [0.25, 0.3) is 5.91 Å². The SMILES string of the molecule is O=C(Nc1nc2c(s1)CN(C(=O)Nc1cccc(Cl)c1)CC2)c1cccs1. The Bertz CT molecular complexity index is 987. The van der Waals surface area contributed by atoms with Crippen molar-refractivity contribution < 1.29 is 9.59 Å². The number of aromatic nitrogens is 1. The summed E-state index contributed by atoms with van der Waals surface area (Å²) in [6, 6.07) is 10.5. The highest BCUT2D eigenvalue weighted by atomic mass is 35.5. The smallest absolute Gasteiger partial charge is 0.319 e. The maximum absolute atomic E-state index is 12.5. The van der Waals surface area contributed by atoms with Crippen LogP contribution in [0, 0.1) is 0 Å². The molecule has 1 aromatic carbocycles. The molecule has 3 heterocycles. The molecule has 1 aliphatic rings. The minimum atomic E-state index is -0.180. The molecular weight excluding hydrogens is 404 g/mol. The summed E-state index contributed by atoms with van der Waals surface area (Å²) in [7, 11) is 0. The van der Waals surface area contributed by atoms with Crippen LogP contribution >= 0.6 is 34.3 Å². The van der Waals surface area contributed by atoms with Gasteiger partial charge < -0.3 is 10.2 Å². The minimum Gasteiger partial charge on any atom is -0.319 e. The normalized spacial score (nSPS) is 13.1. The fraction of sp³-hybridized carbons (Fsp3) is 0.167. The summed E-state index contributed by atoms with van der Waals surface area (Å²) in [4.78, 5) is 32.6. The Labute approximate surface area is 168 Å². The van der Waals surface area contributed by atoms with Crippen molar-refractivity contribution in [1.82, 2.24) is 9.88 Å². The van der Waals surface area contributed by atoms with Crippen molar-refractivity contribution >= 4 is 57.0 Å². The number of carbonyl (C=O) groups excluding carboxylic acids is 2. The molecule has 9 heteroatoms. The van der Waals surface area contributed by atoms with Crippen LogP contribution in [0.1, 0.15) is 20.2 Å². The third kappa shape index (κ3) is 4.13. The molecule has 27 heavy (non-hydrogen) atoms. The molecule has 4 rings (SSSR count). The van der Waals surface area contributed by atoms with E-state index < -0.39 is 0 Å². The lowest BCUT2D eigenvalue weighted by molar-refractivity contribution is 0.103. The van der Waals surface area contributed by atoms with Crippen LogP contribution in [-0.2, 0) is 13.0 Å². The fourth-order valence-corrected chi connectivity index (χ4v) is 4.59. The third-order valence-corrected chi connectivity index (χ3v) is 6.16. The highest BCUT2D eigenvalue weighted by molar-refractivity contribution is 7.16. The van der Waals surface area contributed by atoms with Crippen LogP contribution in [0.5, 0.6) is 0 Å². The van der Waals surface area contributed by atoms with Gasteiger partial charge in [0.2, 0.25) is 0 Å². The van der Waals surface area contributed by atoms with E-state index in [9.17, 15) is 9.59 Å². The van der Waals surface area contributed by atoms with Crippen LogP contribution < -0.4 is 10.6 Å². The van der Waals surface area contributed by atoms with Gasteiger partial charge in [-0.1, -0.05) is 35.1 Å². The highest BCUT2D eigenvalue weighted by Crippen LogP contribution is 2.29. The molecule has 1 aliphatic heterocycles. The highest BCUT2D eigenvalue weighted by Gasteiger charge is 2.25. The van der Waals surface area contributed by atoms with Gasteiger partial charge in [0, 0.05) is 28.6 Å². The molecule has 0 unspecified atom stereocenters. The molecule has 2 N–H and O–H groups in total. The quantitative estimate of drug-likeness (QED) is 0.647. The van der Waals surface area contributed by atoms with Gasteiger partial charge >= 0.3 is 6.03 Å². The number of thiazole rings is 1. The number of nitrogens with zero attached hydrogens (tertiary/aromatic N) is 2. The van der Waals surface area contributed by atoms with Gasteiger partial charge in [0.05, 0.1) is 17.1 Å². The van der Waals surface area contributed by atoms with Crippen LogP contribution in [-0.4, -0.2) is 28.4 Å². The van der Waals surface area contributed by atoms with Gasteiger partial charge in [-0.05, 0) is 29.6 Å². The Morgan fingerprint density at radius 3 is 2.85 bits per heavy atom. The Hall–Kier alpha value is -2.42. The van der Waals surface area contributed by atoms with Gasteiger partial charge in [0.15, 0.2) is 5.13 Å². The first kappa shape index (κ1) is 18.0. The lowest BCUT2D eigenvalue weighted by Gasteiger charge is -2.26. The average Bonchev–Trinajstić information content (AvgIpc) is 3.30. The Balaban J connectivity index is 1.41. The van der Waals surface area contributed by atoms with Gasteiger partial charge in [-0.25, -0.2) is 9.78 Å². The number of fused-ring (bicyclic) bond motifs is 1. The van der Waals surface area contributed by atoms with Crippen LogP contribution in [0.3, 0.4) is 0 Å². The molecule has 0 atom stereocenters. The van der Waals surface area contributed by atoms with E-state index in [0.29, 0.717) is 40.2 Å². The summed E-state index contributed by atoms with van der Waals surface area (Å²) >= 11 is 8.75. The molecule has 6 nitrogen and oxygen atoms in total. The summed E-state index contributed by atoms with van der Waals surface area (Å²) < 4.78 is 0. The lowest BCUT2D eigenvalue weighted by atomic mass is 10.2. The van der Waals surface area contributed by atoms with Crippen molar-refractivity contribution in [2.75, 3.05) is 17.2 Å². The molecule has 0 bridgehead atoms. The van der Waals surface area contributed by atoms with Crippen LogP contribution in [0.4, 0.5) is 15.6 Å². The first-order chi connectivity index (χ1) is 13.1.